The van der Waals surface area contributed by atoms with Crippen molar-refractivity contribution in [1.29, 1.82) is 0 Å². The van der Waals surface area contributed by atoms with Crippen LogP contribution in [-0.2, 0) is 19.5 Å². The molecule has 152 valence electrons. The van der Waals surface area contributed by atoms with Crippen molar-refractivity contribution in [2.45, 2.75) is 40.3 Å². The fraction of sp³-hybridized carbons (Fsp3) is 0.545. The van der Waals surface area contributed by atoms with Gasteiger partial charge in [-0.2, -0.15) is 5.10 Å². The normalized spacial score (nSPS) is 15.9. The molecule has 1 fully saturated rings. The number of nitrogens with zero attached hydrogens (tertiary/aromatic N) is 3. The topological polar surface area (TPSA) is 64.3 Å². The van der Waals surface area contributed by atoms with Gasteiger partial charge in [0, 0.05) is 45.0 Å². The first kappa shape index (κ1) is 20.6. The summed E-state index contributed by atoms with van der Waals surface area (Å²) < 4.78 is 0. The maximum Gasteiger partial charge on any atom is 0.272 e. The Morgan fingerprint density at radius 2 is 1.75 bits per heavy atom. The fourth-order valence-corrected chi connectivity index (χ4v) is 3.58. The van der Waals surface area contributed by atoms with Gasteiger partial charge >= 0.3 is 0 Å². The van der Waals surface area contributed by atoms with Crippen LogP contribution >= 0.6 is 0 Å². The van der Waals surface area contributed by atoms with Crippen molar-refractivity contribution in [3.8, 4) is 0 Å². The molecule has 1 aromatic carbocycles. The van der Waals surface area contributed by atoms with E-state index >= 15 is 0 Å². The molecular formula is C22H33N5O. The largest absolute Gasteiger partial charge is 0.347 e. The third kappa shape index (κ3) is 5.91. The van der Waals surface area contributed by atoms with E-state index in [1.165, 1.54) is 5.56 Å². The molecule has 1 aliphatic heterocycles. The van der Waals surface area contributed by atoms with E-state index in [0.717, 1.165) is 56.9 Å². The zero-order valence-electron chi connectivity index (χ0n) is 17.4. The highest BCUT2D eigenvalue weighted by molar-refractivity contribution is 5.92. The number of piperazine rings is 1. The zero-order valence-corrected chi connectivity index (χ0v) is 17.4. The number of likely N-dealkylation sites (N-methyl/N-ethyl adjacent to an activating group) is 1. The Bertz CT molecular complexity index is 745. The molecule has 0 spiro atoms. The highest BCUT2D eigenvalue weighted by Crippen LogP contribution is 2.11. The van der Waals surface area contributed by atoms with Crippen LogP contribution in [0.4, 0.5) is 0 Å². The minimum Gasteiger partial charge on any atom is -0.347 e. The molecule has 28 heavy (non-hydrogen) atoms. The Labute approximate surface area is 168 Å². The predicted octanol–water partition coefficient (Wildman–Crippen LogP) is 2.68. The summed E-state index contributed by atoms with van der Waals surface area (Å²) in [6.07, 6.45) is 0.898. The van der Waals surface area contributed by atoms with Gasteiger partial charge in [0.15, 0.2) is 0 Å². The summed E-state index contributed by atoms with van der Waals surface area (Å²) in [5, 5.41) is 10.0. The minimum absolute atomic E-state index is 0.135. The van der Waals surface area contributed by atoms with E-state index in [1.54, 1.807) is 0 Å². The molecule has 0 atom stereocenters. The second-order valence-electron chi connectivity index (χ2n) is 8.09. The number of carbonyl (C=O) groups is 1. The summed E-state index contributed by atoms with van der Waals surface area (Å²) in [4.78, 5) is 17.3. The number of aromatic amines is 1. The van der Waals surface area contributed by atoms with Gasteiger partial charge in [0.1, 0.15) is 5.69 Å². The van der Waals surface area contributed by atoms with Crippen LogP contribution in [0.5, 0.6) is 0 Å². The van der Waals surface area contributed by atoms with Crippen molar-refractivity contribution >= 4 is 5.91 Å². The Hall–Kier alpha value is -2.18. The molecule has 1 aliphatic rings. The Morgan fingerprint density at radius 1 is 1.11 bits per heavy atom. The second kappa shape index (κ2) is 9.85. The molecule has 0 bridgehead atoms. The maximum atomic E-state index is 12.3. The number of amides is 1. The van der Waals surface area contributed by atoms with Crippen molar-refractivity contribution < 1.29 is 4.79 Å². The van der Waals surface area contributed by atoms with E-state index in [2.05, 4.69) is 70.4 Å². The summed E-state index contributed by atoms with van der Waals surface area (Å²) in [5.74, 6) is 0.398. The molecule has 0 saturated carbocycles. The minimum atomic E-state index is -0.135. The Balaban J connectivity index is 1.45. The summed E-state index contributed by atoms with van der Waals surface area (Å²) >= 11 is 0. The maximum absolute atomic E-state index is 12.3. The van der Waals surface area contributed by atoms with E-state index in [1.807, 2.05) is 6.07 Å². The third-order valence-corrected chi connectivity index (χ3v) is 5.29. The standard InChI is InChI=1S/C22H33N5O/c1-4-26-9-11-27(12-10-26)16-19-7-5-18(6-8-19)15-23-22(28)21-14-20(24-25-21)13-17(2)3/h5-8,14,17H,4,9-13,15-16H2,1-3H3,(H,23,28)(H,24,25). The second-order valence-corrected chi connectivity index (χ2v) is 8.09. The molecule has 2 heterocycles. The molecule has 2 N–H and O–H groups in total. The van der Waals surface area contributed by atoms with Crippen LogP contribution in [0.25, 0.3) is 0 Å². The van der Waals surface area contributed by atoms with Crippen LogP contribution in [0.1, 0.15) is 48.1 Å². The van der Waals surface area contributed by atoms with Crippen molar-refractivity contribution in [2.24, 2.45) is 5.92 Å². The lowest BCUT2D eigenvalue weighted by Crippen LogP contribution is -2.45. The number of carbonyl (C=O) groups excluding carboxylic acids is 1. The number of rotatable bonds is 8. The predicted molar refractivity (Wildman–Crippen MR) is 112 cm³/mol. The summed E-state index contributed by atoms with van der Waals surface area (Å²) in [7, 11) is 0. The van der Waals surface area contributed by atoms with Crippen LogP contribution in [0.3, 0.4) is 0 Å². The quantitative estimate of drug-likeness (QED) is 0.736. The van der Waals surface area contributed by atoms with Crippen LogP contribution in [0, 0.1) is 5.92 Å². The molecule has 6 nitrogen and oxygen atoms in total. The molecule has 2 aromatic rings. The van der Waals surface area contributed by atoms with E-state index in [4.69, 9.17) is 0 Å². The van der Waals surface area contributed by atoms with Gasteiger partial charge in [-0.1, -0.05) is 45.0 Å². The smallest absolute Gasteiger partial charge is 0.272 e. The van der Waals surface area contributed by atoms with Gasteiger partial charge in [-0.05, 0) is 36.1 Å². The number of hydrogen-bond acceptors (Lipinski definition) is 4. The van der Waals surface area contributed by atoms with Crippen molar-refractivity contribution in [2.75, 3.05) is 32.7 Å². The number of hydrogen-bond donors (Lipinski definition) is 2. The third-order valence-electron chi connectivity index (χ3n) is 5.29. The van der Waals surface area contributed by atoms with Crippen LogP contribution < -0.4 is 5.32 Å². The van der Waals surface area contributed by atoms with Crippen molar-refractivity contribution in [3.63, 3.8) is 0 Å². The fourth-order valence-electron chi connectivity index (χ4n) is 3.58. The molecule has 0 radical (unpaired) electrons. The zero-order chi connectivity index (χ0) is 19.9. The van der Waals surface area contributed by atoms with E-state index in [-0.39, 0.29) is 5.91 Å². The van der Waals surface area contributed by atoms with E-state index in [0.29, 0.717) is 18.2 Å². The van der Waals surface area contributed by atoms with Crippen molar-refractivity contribution in [1.82, 2.24) is 25.3 Å². The van der Waals surface area contributed by atoms with Gasteiger partial charge in [0.05, 0.1) is 0 Å². The highest BCUT2D eigenvalue weighted by Gasteiger charge is 2.15. The summed E-state index contributed by atoms with van der Waals surface area (Å²) in [6, 6.07) is 10.4. The molecule has 3 rings (SSSR count). The lowest BCUT2D eigenvalue weighted by molar-refractivity contribution is 0.0946. The molecule has 1 saturated heterocycles. The van der Waals surface area contributed by atoms with Gasteiger partial charge in [0.25, 0.3) is 5.91 Å². The molecule has 1 amide bonds. The first-order chi connectivity index (χ1) is 13.5. The molecule has 0 unspecified atom stereocenters. The first-order valence-electron chi connectivity index (χ1n) is 10.4. The monoisotopic (exact) mass is 383 g/mol. The SMILES string of the molecule is CCN1CCN(Cc2ccc(CNC(=O)c3cc(CC(C)C)[nH]n3)cc2)CC1. The first-order valence-corrected chi connectivity index (χ1v) is 10.4. The van der Waals surface area contributed by atoms with Gasteiger partial charge in [-0.3, -0.25) is 14.8 Å². The Morgan fingerprint density at radius 3 is 2.39 bits per heavy atom. The van der Waals surface area contributed by atoms with E-state index < -0.39 is 0 Å². The number of nitrogens with one attached hydrogen (secondary N) is 2. The molecular weight excluding hydrogens is 350 g/mol. The Kier molecular flexibility index (Phi) is 7.23. The summed E-state index contributed by atoms with van der Waals surface area (Å²) in [5.41, 5.74) is 3.89. The summed E-state index contributed by atoms with van der Waals surface area (Å²) in [6.45, 7) is 13.8. The van der Waals surface area contributed by atoms with E-state index in [9.17, 15) is 4.79 Å². The lowest BCUT2D eigenvalue weighted by atomic mass is 10.1. The van der Waals surface area contributed by atoms with Crippen LogP contribution in [0.2, 0.25) is 0 Å². The molecule has 6 heteroatoms. The number of H-pyrrole nitrogens is 1. The van der Waals surface area contributed by atoms with Crippen LogP contribution in [0.15, 0.2) is 30.3 Å². The average molecular weight is 384 g/mol. The van der Waals surface area contributed by atoms with Gasteiger partial charge < -0.3 is 10.2 Å². The average Bonchev–Trinajstić information content (AvgIpc) is 3.15. The van der Waals surface area contributed by atoms with Crippen LogP contribution in [-0.4, -0.2) is 58.6 Å². The lowest BCUT2D eigenvalue weighted by Gasteiger charge is -2.34. The van der Waals surface area contributed by atoms with Crippen molar-refractivity contribution in [3.05, 3.63) is 52.8 Å². The van der Waals surface area contributed by atoms with Gasteiger partial charge in [0.2, 0.25) is 0 Å². The van der Waals surface area contributed by atoms with Gasteiger partial charge in [-0.15, -0.1) is 0 Å². The molecule has 0 aliphatic carbocycles. The number of benzene rings is 1. The molecule has 1 aromatic heterocycles. The highest BCUT2D eigenvalue weighted by atomic mass is 16.1. The number of aromatic nitrogens is 2. The van der Waals surface area contributed by atoms with Gasteiger partial charge in [-0.25, -0.2) is 0 Å².